The average Bonchev–Trinajstić information content (AvgIpc) is 2.93. The number of rotatable bonds is 8. The van der Waals surface area contributed by atoms with E-state index in [1.807, 2.05) is 42.5 Å². The highest BCUT2D eigenvalue weighted by molar-refractivity contribution is 5.82. The highest BCUT2D eigenvalue weighted by Crippen LogP contribution is 2.38. The Bertz CT molecular complexity index is 1220. The molecule has 1 fully saturated rings. The maximum absolute atomic E-state index is 13.5. The number of piperazine rings is 1. The second kappa shape index (κ2) is 11.2. The molecule has 0 bridgehead atoms. The van der Waals surface area contributed by atoms with Crippen LogP contribution in [0.4, 0.5) is 10.1 Å². The van der Waals surface area contributed by atoms with E-state index >= 15 is 0 Å². The molecule has 3 aromatic rings. The van der Waals surface area contributed by atoms with Crippen LogP contribution < -0.4 is 19.7 Å². The van der Waals surface area contributed by atoms with Crippen LogP contribution in [0.25, 0.3) is 0 Å². The number of fused-ring (bicyclic) bond motifs is 3. The number of halogens is 1. The standard InChI is InChI=1S/C30H34FN3O3/c1-36-25-10-5-21(6-11-25)13-14-32-30(35)27-17-23-7-12-26(37-2)18-28(23)34-16-15-33(20-29(27)34)19-22-3-8-24(31)9-4-22/h3-12,18,27,29H,13-17,19-20H2,1-2H3,(H,32,35)/t27-,29-/m0/s1. The van der Waals surface area contributed by atoms with Crippen LogP contribution in [-0.4, -0.2) is 57.2 Å². The molecular weight excluding hydrogens is 469 g/mol. The predicted molar refractivity (Wildman–Crippen MR) is 143 cm³/mol. The maximum atomic E-state index is 13.5. The van der Waals surface area contributed by atoms with E-state index in [4.69, 9.17) is 9.47 Å². The number of anilines is 1. The number of nitrogens with one attached hydrogen (secondary N) is 1. The first kappa shape index (κ1) is 25.1. The molecule has 194 valence electrons. The molecule has 1 N–H and O–H groups in total. The SMILES string of the molecule is COc1ccc(CCNC(=O)[C@H]2Cc3ccc(OC)cc3N3CCN(Cc4ccc(F)cc4)C[C@@H]23)cc1. The van der Waals surface area contributed by atoms with Gasteiger partial charge in [0.25, 0.3) is 0 Å². The molecule has 7 heteroatoms. The van der Waals surface area contributed by atoms with Gasteiger partial charge in [-0.1, -0.05) is 30.3 Å². The van der Waals surface area contributed by atoms with Gasteiger partial charge in [0.2, 0.25) is 5.91 Å². The van der Waals surface area contributed by atoms with Gasteiger partial charge in [-0.15, -0.1) is 0 Å². The summed E-state index contributed by atoms with van der Waals surface area (Å²) in [6.45, 7) is 3.78. The Morgan fingerprint density at radius 2 is 1.65 bits per heavy atom. The third-order valence-electron chi connectivity index (χ3n) is 7.54. The molecule has 2 aliphatic heterocycles. The summed E-state index contributed by atoms with van der Waals surface area (Å²) >= 11 is 0. The van der Waals surface area contributed by atoms with Gasteiger partial charge in [-0.05, 0) is 59.9 Å². The number of carbonyl (C=O) groups is 1. The Balaban J connectivity index is 1.30. The highest BCUT2D eigenvalue weighted by Gasteiger charge is 2.41. The first-order valence-corrected chi connectivity index (χ1v) is 12.8. The normalized spacial score (nSPS) is 19.1. The van der Waals surface area contributed by atoms with E-state index in [0.717, 1.165) is 60.9 Å². The van der Waals surface area contributed by atoms with Gasteiger partial charge in [0.1, 0.15) is 17.3 Å². The zero-order valence-corrected chi connectivity index (χ0v) is 21.5. The minimum Gasteiger partial charge on any atom is -0.497 e. The zero-order chi connectivity index (χ0) is 25.8. The van der Waals surface area contributed by atoms with Crippen LogP contribution >= 0.6 is 0 Å². The van der Waals surface area contributed by atoms with Crippen molar-refractivity contribution in [2.24, 2.45) is 5.92 Å². The van der Waals surface area contributed by atoms with Crippen LogP contribution in [0.3, 0.4) is 0 Å². The molecule has 0 saturated carbocycles. The van der Waals surface area contributed by atoms with Gasteiger partial charge in [0.05, 0.1) is 26.2 Å². The summed E-state index contributed by atoms with van der Waals surface area (Å²) in [5.41, 5.74) is 4.58. The predicted octanol–water partition coefficient (Wildman–Crippen LogP) is 4.06. The Hall–Kier alpha value is -3.58. The van der Waals surface area contributed by atoms with E-state index in [-0.39, 0.29) is 23.7 Å². The first-order chi connectivity index (χ1) is 18.0. The molecule has 0 radical (unpaired) electrons. The molecular formula is C30H34FN3O3. The van der Waals surface area contributed by atoms with Crippen molar-refractivity contribution in [1.29, 1.82) is 0 Å². The third kappa shape index (κ3) is 5.72. The first-order valence-electron chi connectivity index (χ1n) is 12.8. The van der Waals surface area contributed by atoms with Crippen molar-refractivity contribution in [3.63, 3.8) is 0 Å². The van der Waals surface area contributed by atoms with Gasteiger partial charge in [0.15, 0.2) is 0 Å². The van der Waals surface area contributed by atoms with Gasteiger partial charge in [0, 0.05) is 44.5 Å². The number of hydrogen-bond donors (Lipinski definition) is 1. The Morgan fingerprint density at radius 1 is 0.946 bits per heavy atom. The van der Waals surface area contributed by atoms with E-state index in [1.54, 1.807) is 14.2 Å². The summed E-state index contributed by atoms with van der Waals surface area (Å²) in [6, 6.07) is 20.9. The van der Waals surface area contributed by atoms with Gasteiger partial charge < -0.3 is 19.7 Å². The second-order valence-electron chi connectivity index (χ2n) is 9.82. The van der Waals surface area contributed by atoms with Crippen LogP contribution in [-0.2, 0) is 24.2 Å². The van der Waals surface area contributed by atoms with Crippen molar-refractivity contribution in [2.45, 2.75) is 25.4 Å². The monoisotopic (exact) mass is 503 g/mol. The van der Waals surface area contributed by atoms with Crippen LogP contribution in [0.5, 0.6) is 11.5 Å². The lowest BCUT2D eigenvalue weighted by atomic mass is 9.83. The third-order valence-corrected chi connectivity index (χ3v) is 7.54. The molecule has 1 amide bonds. The molecule has 2 heterocycles. The highest BCUT2D eigenvalue weighted by atomic mass is 19.1. The number of amides is 1. The van der Waals surface area contributed by atoms with Crippen molar-refractivity contribution in [2.75, 3.05) is 45.3 Å². The molecule has 0 aliphatic carbocycles. The Kier molecular flexibility index (Phi) is 7.60. The Labute approximate surface area is 218 Å². The molecule has 2 aliphatic rings. The summed E-state index contributed by atoms with van der Waals surface area (Å²) in [4.78, 5) is 18.3. The lowest BCUT2D eigenvalue weighted by Crippen LogP contribution is -2.61. The molecule has 5 rings (SSSR count). The molecule has 0 spiro atoms. The fourth-order valence-corrected chi connectivity index (χ4v) is 5.51. The fourth-order valence-electron chi connectivity index (χ4n) is 5.51. The zero-order valence-electron chi connectivity index (χ0n) is 21.5. The number of ether oxygens (including phenoxy) is 2. The van der Waals surface area contributed by atoms with Gasteiger partial charge in [-0.25, -0.2) is 4.39 Å². The quantitative estimate of drug-likeness (QED) is 0.503. The Morgan fingerprint density at radius 3 is 2.38 bits per heavy atom. The largest absolute Gasteiger partial charge is 0.497 e. The van der Waals surface area contributed by atoms with Crippen molar-refractivity contribution >= 4 is 11.6 Å². The second-order valence-corrected chi connectivity index (χ2v) is 9.82. The molecule has 3 aromatic carbocycles. The van der Waals surface area contributed by atoms with Crippen LogP contribution in [0.15, 0.2) is 66.7 Å². The minimum atomic E-state index is -0.224. The van der Waals surface area contributed by atoms with E-state index in [9.17, 15) is 9.18 Å². The number of methoxy groups -OCH3 is 2. The topological polar surface area (TPSA) is 54.0 Å². The van der Waals surface area contributed by atoms with Crippen LogP contribution in [0.2, 0.25) is 0 Å². The average molecular weight is 504 g/mol. The van der Waals surface area contributed by atoms with Crippen LogP contribution in [0.1, 0.15) is 16.7 Å². The molecule has 0 unspecified atom stereocenters. The van der Waals surface area contributed by atoms with Gasteiger partial charge in [-0.2, -0.15) is 0 Å². The van der Waals surface area contributed by atoms with Crippen molar-refractivity contribution in [1.82, 2.24) is 10.2 Å². The van der Waals surface area contributed by atoms with E-state index in [1.165, 1.54) is 17.7 Å². The lowest BCUT2D eigenvalue weighted by molar-refractivity contribution is -0.126. The summed E-state index contributed by atoms with van der Waals surface area (Å²) < 4.78 is 24.1. The smallest absolute Gasteiger partial charge is 0.225 e. The van der Waals surface area contributed by atoms with Crippen molar-refractivity contribution < 1.29 is 18.7 Å². The molecule has 0 aromatic heterocycles. The fraction of sp³-hybridized carbons (Fsp3) is 0.367. The van der Waals surface area contributed by atoms with Crippen molar-refractivity contribution in [3.8, 4) is 11.5 Å². The summed E-state index contributed by atoms with van der Waals surface area (Å²) in [7, 11) is 3.34. The summed E-state index contributed by atoms with van der Waals surface area (Å²) in [5, 5.41) is 3.20. The molecule has 37 heavy (non-hydrogen) atoms. The number of benzene rings is 3. The summed E-state index contributed by atoms with van der Waals surface area (Å²) in [5.74, 6) is 1.36. The van der Waals surface area contributed by atoms with Gasteiger partial charge in [-0.3, -0.25) is 9.69 Å². The molecule has 6 nitrogen and oxygen atoms in total. The molecule has 1 saturated heterocycles. The van der Waals surface area contributed by atoms with Crippen molar-refractivity contribution in [3.05, 3.63) is 89.2 Å². The molecule has 2 atom stereocenters. The number of hydrogen-bond acceptors (Lipinski definition) is 5. The number of carbonyl (C=O) groups excluding carboxylic acids is 1. The number of nitrogens with zero attached hydrogens (tertiary/aromatic N) is 2. The van der Waals surface area contributed by atoms with Gasteiger partial charge >= 0.3 is 0 Å². The summed E-state index contributed by atoms with van der Waals surface area (Å²) in [6.07, 6.45) is 1.46. The lowest BCUT2D eigenvalue weighted by Gasteiger charge is -2.49. The van der Waals surface area contributed by atoms with Crippen LogP contribution in [0, 0.1) is 11.7 Å². The van der Waals surface area contributed by atoms with E-state index in [0.29, 0.717) is 13.0 Å². The van der Waals surface area contributed by atoms with E-state index in [2.05, 4.69) is 27.2 Å². The van der Waals surface area contributed by atoms with E-state index < -0.39 is 0 Å². The minimum absolute atomic E-state index is 0.0507. The maximum Gasteiger partial charge on any atom is 0.225 e.